The Morgan fingerprint density at radius 2 is 1.43 bits per heavy atom. The van der Waals surface area contributed by atoms with Gasteiger partial charge in [0, 0.05) is 11.1 Å². The molecule has 0 heterocycles. The van der Waals surface area contributed by atoms with Crippen LogP contribution in [0.1, 0.15) is 38.2 Å². The molecule has 0 aliphatic rings. The van der Waals surface area contributed by atoms with Crippen LogP contribution < -0.4 is 4.74 Å². The highest BCUT2D eigenvalue weighted by Crippen LogP contribution is 2.36. The molecule has 3 N–H and O–H groups in total. The van der Waals surface area contributed by atoms with Gasteiger partial charge in [0.25, 0.3) is 0 Å². The van der Waals surface area contributed by atoms with E-state index in [1.165, 1.54) is 13.0 Å². The molecule has 5 heteroatoms. The number of phenols is 3. The lowest BCUT2D eigenvalue weighted by molar-refractivity contribution is 0.0729. The highest BCUT2D eigenvalue weighted by Gasteiger charge is 2.22. The van der Waals surface area contributed by atoms with Crippen molar-refractivity contribution in [1.82, 2.24) is 0 Å². The molecule has 0 aliphatic heterocycles. The molecule has 0 unspecified atom stereocenters. The van der Waals surface area contributed by atoms with Gasteiger partial charge in [0.1, 0.15) is 28.6 Å². The molecule has 0 aliphatic carbocycles. The van der Waals surface area contributed by atoms with Crippen LogP contribution in [0.5, 0.6) is 23.0 Å². The normalized spacial score (nSPS) is 10.7. The van der Waals surface area contributed by atoms with Gasteiger partial charge >= 0.3 is 5.97 Å². The van der Waals surface area contributed by atoms with Gasteiger partial charge in [0.2, 0.25) is 0 Å². The molecule has 2 rings (SSSR count). The van der Waals surface area contributed by atoms with Gasteiger partial charge in [-0.3, -0.25) is 0 Å². The average Bonchev–Trinajstić information content (AvgIpc) is 2.48. The number of aryl methyl sites for hydroxylation is 2. The van der Waals surface area contributed by atoms with Crippen molar-refractivity contribution in [1.29, 1.82) is 0 Å². The Morgan fingerprint density at radius 1 is 0.826 bits per heavy atom. The van der Waals surface area contributed by atoms with Gasteiger partial charge in [-0.15, -0.1) is 0 Å². The number of phenolic OH excluding ortho intramolecular Hbond substituents is 3. The first-order chi connectivity index (χ1) is 10.6. The van der Waals surface area contributed by atoms with Crippen molar-refractivity contribution in [2.75, 3.05) is 0 Å². The zero-order valence-electron chi connectivity index (χ0n) is 13.8. The van der Waals surface area contributed by atoms with E-state index in [0.717, 1.165) is 11.1 Å². The molecule has 2 aromatic rings. The molecule has 122 valence electrons. The molecule has 2 aromatic carbocycles. The molecule has 0 aromatic heterocycles. The van der Waals surface area contributed by atoms with Crippen LogP contribution in [0.25, 0.3) is 0 Å². The fourth-order valence-corrected chi connectivity index (χ4v) is 2.39. The van der Waals surface area contributed by atoms with E-state index in [1.54, 1.807) is 33.8 Å². The van der Waals surface area contributed by atoms with Gasteiger partial charge in [-0.1, -0.05) is 0 Å². The minimum Gasteiger partial charge on any atom is -0.508 e. The SMILES string of the molecule is Cc1cc(OC(=O)c2c(C)cc(O)c(C)c2O)c(C)c(O)c1C. The van der Waals surface area contributed by atoms with E-state index in [-0.39, 0.29) is 34.1 Å². The number of benzene rings is 2. The maximum absolute atomic E-state index is 12.4. The number of esters is 1. The molecule has 23 heavy (non-hydrogen) atoms. The first-order valence-electron chi connectivity index (χ1n) is 7.19. The summed E-state index contributed by atoms with van der Waals surface area (Å²) in [5.74, 6) is -0.820. The zero-order chi connectivity index (χ0) is 17.5. The van der Waals surface area contributed by atoms with Crippen molar-refractivity contribution in [2.45, 2.75) is 34.6 Å². The minimum atomic E-state index is -0.742. The van der Waals surface area contributed by atoms with E-state index in [2.05, 4.69) is 0 Å². The lowest BCUT2D eigenvalue weighted by Crippen LogP contribution is -2.12. The van der Waals surface area contributed by atoms with Gasteiger partial charge in [0.15, 0.2) is 0 Å². The Hall–Kier alpha value is -2.69. The molecule has 0 bridgehead atoms. The van der Waals surface area contributed by atoms with Crippen LogP contribution in [0.3, 0.4) is 0 Å². The lowest BCUT2D eigenvalue weighted by atomic mass is 10.0. The van der Waals surface area contributed by atoms with Crippen LogP contribution in [0.2, 0.25) is 0 Å². The Balaban J connectivity index is 2.48. The van der Waals surface area contributed by atoms with Crippen LogP contribution in [-0.4, -0.2) is 21.3 Å². The third kappa shape index (κ3) is 2.82. The Labute approximate surface area is 134 Å². The quantitative estimate of drug-likeness (QED) is 0.582. The summed E-state index contributed by atoms with van der Waals surface area (Å²) in [6, 6.07) is 3.07. The predicted molar refractivity (Wildman–Crippen MR) is 86.5 cm³/mol. The maximum Gasteiger partial charge on any atom is 0.347 e. The van der Waals surface area contributed by atoms with Crippen molar-refractivity contribution < 1.29 is 24.9 Å². The van der Waals surface area contributed by atoms with Crippen LogP contribution >= 0.6 is 0 Å². The summed E-state index contributed by atoms with van der Waals surface area (Å²) in [4.78, 5) is 12.4. The Morgan fingerprint density at radius 3 is 2.04 bits per heavy atom. The van der Waals surface area contributed by atoms with Gasteiger partial charge < -0.3 is 20.1 Å². The molecule has 0 saturated heterocycles. The van der Waals surface area contributed by atoms with Crippen molar-refractivity contribution in [3.8, 4) is 23.0 Å². The molecule has 0 spiro atoms. The third-order valence-electron chi connectivity index (χ3n) is 4.15. The summed E-state index contributed by atoms with van der Waals surface area (Å²) in [6.07, 6.45) is 0. The zero-order valence-corrected chi connectivity index (χ0v) is 13.8. The highest BCUT2D eigenvalue weighted by molar-refractivity contribution is 5.96. The molecule has 0 fully saturated rings. The number of hydrogen-bond acceptors (Lipinski definition) is 5. The first kappa shape index (κ1) is 16.7. The second kappa shape index (κ2) is 5.83. The third-order valence-corrected chi connectivity index (χ3v) is 4.15. The monoisotopic (exact) mass is 316 g/mol. The van der Waals surface area contributed by atoms with Crippen LogP contribution in [0.15, 0.2) is 12.1 Å². The Bertz CT molecular complexity index is 806. The standard InChI is InChI=1S/C18H20O5/c1-8-7-14(12(5)16(20)10(8)3)23-18(22)15-9(2)6-13(19)11(4)17(15)21/h6-7,19-21H,1-5H3. The molecular formula is C18H20O5. The Kier molecular flexibility index (Phi) is 4.23. The second-order valence-electron chi connectivity index (χ2n) is 5.74. The van der Waals surface area contributed by atoms with Crippen LogP contribution in [0, 0.1) is 34.6 Å². The first-order valence-corrected chi connectivity index (χ1v) is 7.19. The number of rotatable bonds is 2. The average molecular weight is 316 g/mol. The summed E-state index contributed by atoms with van der Waals surface area (Å²) in [6.45, 7) is 8.34. The largest absolute Gasteiger partial charge is 0.508 e. The molecule has 0 saturated carbocycles. The van der Waals surface area contributed by atoms with Crippen molar-refractivity contribution in [3.05, 3.63) is 45.5 Å². The lowest BCUT2D eigenvalue weighted by Gasteiger charge is -2.15. The van der Waals surface area contributed by atoms with Crippen molar-refractivity contribution in [3.63, 3.8) is 0 Å². The smallest absolute Gasteiger partial charge is 0.347 e. The van der Waals surface area contributed by atoms with Gasteiger partial charge in [-0.25, -0.2) is 4.79 Å². The molecular weight excluding hydrogens is 296 g/mol. The summed E-state index contributed by atoms with van der Waals surface area (Å²) in [5, 5.41) is 29.9. The minimum absolute atomic E-state index is 0.00239. The van der Waals surface area contributed by atoms with E-state index < -0.39 is 5.97 Å². The topological polar surface area (TPSA) is 87.0 Å². The molecule has 0 radical (unpaired) electrons. The fraction of sp³-hybridized carbons (Fsp3) is 0.278. The van der Waals surface area contributed by atoms with E-state index in [1.807, 2.05) is 0 Å². The number of aromatic hydroxyl groups is 3. The van der Waals surface area contributed by atoms with Gasteiger partial charge in [-0.05, 0) is 63.4 Å². The van der Waals surface area contributed by atoms with Gasteiger partial charge in [-0.2, -0.15) is 0 Å². The van der Waals surface area contributed by atoms with E-state index >= 15 is 0 Å². The maximum atomic E-state index is 12.4. The van der Waals surface area contributed by atoms with E-state index in [9.17, 15) is 20.1 Å². The summed E-state index contributed by atoms with van der Waals surface area (Å²) < 4.78 is 5.36. The molecule has 0 atom stereocenters. The number of hydrogen-bond donors (Lipinski definition) is 3. The number of ether oxygens (including phenoxy) is 1. The van der Waals surface area contributed by atoms with E-state index in [4.69, 9.17) is 4.74 Å². The van der Waals surface area contributed by atoms with Crippen LogP contribution in [0.4, 0.5) is 0 Å². The molecule has 5 nitrogen and oxygen atoms in total. The second-order valence-corrected chi connectivity index (χ2v) is 5.74. The number of carbonyl (C=O) groups is 1. The van der Waals surface area contributed by atoms with E-state index in [0.29, 0.717) is 11.1 Å². The summed E-state index contributed by atoms with van der Waals surface area (Å²) in [7, 11) is 0. The predicted octanol–water partition coefficient (Wildman–Crippen LogP) is 3.56. The fourth-order valence-electron chi connectivity index (χ4n) is 2.39. The van der Waals surface area contributed by atoms with Crippen molar-refractivity contribution in [2.24, 2.45) is 0 Å². The van der Waals surface area contributed by atoms with Crippen LogP contribution in [-0.2, 0) is 0 Å². The van der Waals surface area contributed by atoms with Gasteiger partial charge in [0.05, 0.1) is 0 Å². The summed E-state index contributed by atoms with van der Waals surface area (Å²) >= 11 is 0. The van der Waals surface area contributed by atoms with Crippen molar-refractivity contribution >= 4 is 5.97 Å². The molecule has 0 amide bonds. The summed E-state index contributed by atoms with van der Waals surface area (Å²) in [5.41, 5.74) is 2.58. The highest BCUT2D eigenvalue weighted by atomic mass is 16.5. The number of carbonyl (C=O) groups excluding carboxylic acids is 1.